The molecule has 0 atom stereocenters. The maximum Gasteiger partial charge on any atom is 0.335 e. The number of nitrogens with one attached hydrogen (secondary N) is 1. The predicted molar refractivity (Wildman–Crippen MR) is 105 cm³/mol. The molecule has 2 aromatic carbocycles. The number of rotatable bonds is 6. The summed E-state index contributed by atoms with van der Waals surface area (Å²) >= 11 is 0. The van der Waals surface area contributed by atoms with Gasteiger partial charge in [0.2, 0.25) is 15.9 Å². The first kappa shape index (κ1) is 20.0. The summed E-state index contributed by atoms with van der Waals surface area (Å²) in [6.07, 6.45) is 0.903. The Bertz CT molecular complexity index is 934. The van der Waals surface area contributed by atoms with Crippen LogP contribution in [0, 0.1) is 5.92 Å². The average molecular weight is 402 g/mol. The number of carbonyl (C=O) groups is 2. The van der Waals surface area contributed by atoms with Crippen LogP contribution >= 0.6 is 0 Å². The third-order valence-corrected chi connectivity index (χ3v) is 6.66. The maximum absolute atomic E-state index is 12.6. The van der Waals surface area contributed by atoms with Crippen molar-refractivity contribution < 1.29 is 23.1 Å². The number of hydrogen-bond donors (Lipinski definition) is 2. The van der Waals surface area contributed by atoms with Crippen LogP contribution in [0.3, 0.4) is 0 Å². The fourth-order valence-corrected chi connectivity index (χ4v) is 4.78. The summed E-state index contributed by atoms with van der Waals surface area (Å²) in [6.45, 7) is 0.621. The number of hydrogen-bond acceptors (Lipinski definition) is 4. The second-order valence-electron chi connectivity index (χ2n) is 6.79. The molecule has 148 valence electrons. The Morgan fingerprint density at radius 2 is 1.61 bits per heavy atom. The lowest BCUT2D eigenvalue weighted by Crippen LogP contribution is -2.41. The highest BCUT2D eigenvalue weighted by Gasteiger charge is 2.31. The summed E-state index contributed by atoms with van der Waals surface area (Å²) in [6, 6.07) is 15.0. The van der Waals surface area contributed by atoms with Gasteiger partial charge in [-0.2, -0.15) is 0 Å². The number of nitrogens with zero attached hydrogens (tertiary/aromatic N) is 1. The number of anilines is 1. The minimum Gasteiger partial charge on any atom is -0.478 e. The van der Waals surface area contributed by atoms with Crippen molar-refractivity contribution in [2.45, 2.75) is 18.6 Å². The second-order valence-corrected chi connectivity index (χ2v) is 8.76. The third kappa shape index (κ3) is 4.96. The van der Waals surface area contributed by atoms with Crippen molar-refractivity contribution in [1.82, 2.24) is 4.31 Å². The Balaban J connectivity index is 1.54. The minimum absolute atomic E-state index is 0.0410. The van der Waals surface area contributed by atoms with Crippen LogP contribution in [0.15, 0.2) is 54.6 Å². The van der Waals surface area contributed by atoms with Crippen LogP contribution in [0.1, 0.15) is 28.8 Å². The monoisotopic (exact) mass is 402 g/mol. The first-order chi connectivity index (χ1) is 13.3. The number of carbonyl (C=O) groups excluding carboxylic acids is 1. The molecule has 28 heavy (non-hydrogen) atoms. The summed E-state index contributed by atoms with van der Waals surface area (Å²) in [4.78, 5) is 23.3. The van der Waals surface area contributed by atoms with E-state index in [0.29, 0.717) is 31.6 Å². The molecule has 1 saturated heterocycles. The molecule has 8 heteroatoms. The van der Waals surface area contributed by atoms with Gasteiger partial charge in [-0.25, -0.2) is 17.5 Å². The number of benzene rings is 2. The summed E-state index contributed by atoms with van der Waals surface area (Å²) in [7, 11) is -3.41. The zero-order chi connectivity index (χ0) is 20.1. The van der Waals surface area contributed by atoms with Gasteiger partial charge >= 0.3 is 5.97 Å². The number of carboxylic acids is 1. The molecule has 0 saturated carbocycles. The summed E-state index contributed by atoms with van der Waals surface area (Å²) in [5, 5.41) is 11.7. The highest BCUT2D eigenvalue weighted by atomic mass is 32.2. The molecular formula is C20H22N2O5S. The van der Waals surface area contributed by atoms with E-state index in [1.165, 1.54) is 16.4 Å². The highest BCUT2D eigenvalue weighted by Crippen LogP contribution is 2.23. The lowest BCUT2D eigenvalue weighted by atomic mass is 9.97. The van der Waals surface area contributed by atoms with Gasteiger partial charge in [0.1, 0.15) is 0 Å². The predicted octanol–water partition coefficient (Wildman–Crippen LogP) is 2.57. The lowest BCUT2D eigenvalue weighted by Gasteiger charge is -2.30. The second kappa shape index (κ2) is 8.53. The van der Waals surface area contributed by atoms with E-state index >= 15 is 0 Å². The topological polar surface area (TPSA) is 104 Å². The van der Waals surface area contributed by atoms with E-state index in [1.54, 1.807) is 24.3 Å². The normalized spacial score (nSPS) is 15.9. The fraction of sp³-hybridized carbons (Fsp3) is 0.300. The molecule has 0 aromatic heterocycles. The van der Waals surface area contributed by atoms with E-state index in [-0.39, 0.29) is 23.1 Å². The number of sulfonamides is 1. The van der Waals surface area contributed by atoms with Gasteiger partial charge in [-0.3, -0.25) is 4.79 Å². The van der Waals surface area contributed by atoms with Gasteiger partial charge in [0.25, 0.3) is 0 Å². The van der Waals surface area contributed by atoms with Crippen LogP contribution in [0.4, 0.5) is 5.69 Å². The van der Waals surface area contributed by atoms with Gasteiger partial charge in [0.15, 0.2) is 0 Å². The van der Waals surface area contributed by atoms with E-state index in [4.69, 9.17) is 5.11 Å². The zero-order valence-corrected chi connectivity index (χ0v) is 16.1. The Kier molecular flexibility index (Phi) is 6.11. The molecule has 0 bridgehead atoms. The standard InChI is InChI=1S/C20H22N2O5S/c23-19(21-18-8-6-17(7-9-18)20(24)25)16-10-12-22(13-11-16)28(26,27)14-15-4-2-1-3-5-15/h1-9,16H,10-14H2,(H,21,23)(H,24,25). The molecule has 1 aliphatic heterocycles. The third-order valence-electron chi connectivity index (χ3n) is 4.81. The molecule has 7 nitrogen and oxygen atoms in total. The average Bonchev–Trinajstić information content (AvgIpc) is 2.69. The van der Waals surface area contributed by atoms with Crippen molar-refractivity contribution in [3.63, 3.8) is 0 Å². The molecule has 0 radical (unpaired) electrons. The highest BCUT2D eigenvalue weighted by molar-refractivity contribution is 7.88. The molecular weight excluding hydrogens is 380 g/mol. The Labute approximate surface area is 164 Å². The molecule has 1 amide bonds. The zero-order valence-electron chi connectivity index (χ0n) is 15.2. The van der Waals surface area contributed by atoms with Crippen LogP contribution in [0.5, 0.6) is 0 Å². The Morgan fingerprint density at radius 1 is 1.00 bits per heavy atom. The van der Waals surface area contributed by atoms with Crippen molar-refractivity contribution in [2.24, 2.45) is 5.92 Å². The van der Waals surface area contributed by atoms with Gasteiger partial charge in [-0.15, -0.1) is 0 Å². The van der Waals surface area contributed by atoms with E-state index in [9.17, 15) is 18.0 Å². The molecule has 0 spiro atoms. The molecule has 1 fully saturated rings. The van der Waals surface area contributed by atoms with Gasteiger partial charge < -0.3 is 10.4 Å². The molecule has 2 aromatic rings. The Hall–Kier alpha value is -2.71. The number of piperidine rings is 1. The molecule has 1 aliphatic rings. The van der Waals surface area contributed by atoms with Crippen molar-refractivity contribution in [1.29, 1.82) is 0 Å². The van der Waals surface area contributed by atoms with Gasteiger partial charge in [0, 0.05) is 24.7 Å². The van der Waals surface area contributed by atoms with Crippen LogP contribution in [0.25, 0.3) is 0 Å². The van der Waals surface area contributed by atoms with Crippen LogP contribution in [-0.2, 0) is 20.6 Å². The molecule has 3 rings (SSSR count). The van der Waals surface area contributed by atoms with Gasteiger partial charge in [-0.05, 0) is 42.7 Å². The minimum atomic E-state index is -3.41. The van der Waals surface area contributed by atoms with Crippen molar-refractivity contribution >= 4 is 27.6 Å². The molecule has 1 heterocycles. The molecule has 0 unspecified atom stereocenters. The van der Waals surface area contributed by atoms with Crippen molar-refractivity contribution in [3.8, 4) is 0 Å². The first-order valence-corrected chi connectivity index (χ1v) is 10.6. The van der Waals surface area contributed by atoms with Crippen molar-refractivity contribution in [2.75, 3.05) is 18.4 Å². The summed E-state index contributed by atoms with van der Waals surface area (Å²) in [5.41, 5.74) is 1.41. The van der Waals surface area contributed by atoms with Crippen LogP contribution in [-0.4, -0.2) is 42.8 Å². The van der Waals surface area contributed by atoms with Gasteiger partial charge in [0.05, 0.1) is 11.3 Å². The largest absolute Gasteiger partial charge is 0.478 e. The number of amides is 1. The maximum atomic E-state index is 12.6. The number of carboxylic acid groups (broad SMARTS) is 1. The quantitative estimate of drug-likeness (QED) is 0.773. The van der Waals surface area contributed by atoms with Crippen molar-refractivity contribution in [3.05, 3.63) is 65.7 Å². The summed E-state index contributed by atoms with van der Waals surface area (Å²) < 4.78 is 26.6. The van der Waals surface area contributed by atoms with Gasteiger partial charge in [-0.1, -0.05) is 30.3 Å². The van der Waals surface area contributed by atoms with E-state index in [0.717, 1.165) is 5.56 Å². The first-order valence-electron chi connectivity index (χ1n) is 9.01. The molecule has 0 aliphatic carbocycles. The SMILES string of the molecule is O=C(O)c1ccc(NC(=O)C2CCN(S(=O)(=O)Cc3ccccc3)CC2)cc1. The van der Waals surface area contributed by atoms with Crippen LogP contribution in [0.2, 0.25) is 0 Å². The fourth-order valence-electron chi connectivity index (χ4n) is 3.21. The lowest BCUT2D eigenvalue weighted by molar-refractivity contribution is -0.120. The van der Waals surface area contributed by atoms with E-state index in [2.05, 4.69) is 5.32 Å². The van der Waals surface area contributed by atoms with Crippen LogP contribution < -0.4 is 5.32 Å². The van der Waals surface area contributed by atoms with E-state index < -0.39 is 16.0 Å². The molecule has 2 N–H and O–H groups in total. The Morgan fingerprint density at radius 3 is 2.18 bits per heavy atom. The number of aromatic carboxylic acids is 1. The summed E-state index contributed by atoms with van der Waals surface area (Å²) in [5.74, 6) is -1.52. The van der Waals surface area contributed by atoms with E-state index in [1.807, 2.05) is 18.2 Å². The smallest absolute Gasteiger partial charge is 0.335 e.